The van der Waals surface area contributed by atoms with Crippen molar-refractivity contribution in [3.8, 4) is 16.3 Å². The van der Waals surface area contributed by atoms with Crippen LogP contribution in [0.5, 0.6) is 5.75 Å². The lowest BCUT2D eigenvalue weighted by Gasteiger charge is -2.10. The van der Waals surface area contributed by atoms with Gasteiger partial charge in [-0.2, -0.15) is 5.10 Å². The summed E-state index contributed by atoms with van der Waals surface area (Å²) in [5, 5.41) is 9.55. The zero-order valence-corrected chi connectivity index (χ0v) is 14.5. The van der Waals surface area contributed by atoms with Gasteiger partial charge in [-0.25, -0.2) is 9.67 Å². The molecule has 3 aromatic rings. The molecule has 0 saturated heterocycles. The molecule has 124 valence electrons. The summed E-state index contributed by atoms with van der Waals surface area (Å²) in [5.41, 5.74) is 1.24. The van der Waals surface area contributed by atoms with E-state index in [9.17, 15) is 4.79 Å². The van der Waals surface area contributed by atoms with Crippen LogP contribution in [0.2, 0.25) is 0 Å². The van der Waals surface area contributed by atoms with E-state index in [4.69, 9.17) is 4.74 Å². The van der Waals surface area contributed by atoms with Crippen molar-refractivity contribution in [2.45, 2.75) is 19.9 Å². The molecule has 2 aromatic heterocycles. The van der Waals surface area contributed by atoms with Crippen LogP contribution in [-0.4, -0.2) is 27.8 Å². The summed E-state index contributed by atoms with van der Waals surface area (Å²) in [6.45, 7) is 4.01. The van der Waals surface area contributed by atoms with Gasteiger partial charge in [-0.15, -0.1) is 11.3 Å². The molecule has 0 saturated carbocycles. The molecule has 1 N–H and O–H groups in total. The van der Waals surface area contributed by atoms with Crippen molar-refractivity contribution in [3.63, 3.8) is 0 Å². The Kier molecular flexibility index (Phi) is 4.61. The van der Waals surface area contributed by atoms with E-state index in [-0.39, 0.29) is 11.9 Å². The maximum Gasteiger partial charge on any atom is 0.276 e. The second-order valence-corrected chi connectivity index (χ2v) is 6.31. The number of methoxy groups -OCH3 is 1. The van der Waals surface area contributed by atoms with Gasteiger partial charge in [-0.05, 0) is 26.0 Å². The van der Waals surface area contributed by atoms with Gasteiger partial charge in [0.25, 0.3) is 5.91 Å². The number of nitrogens with zero attached hydrogens (tertiary/aromatic N) is 3. The number of hydrogen-bond acceptors (Lipinski definition) is 5. The summed E-state index contributed by atoms with van der Waals surface area (Å²) in [4.78, 5) is 16.9. The Labute approximate surface area is 144 Å². The highest BCUT2D eigenvalue weighted by Gasteiger charge is 2.16. The second kappa shape index (κ2) is 6.84. The van der Waals surface area contributed by atoms with E-state index in [1.165, 1.54) is 11.3 Å². The zero-order chi connectivity index (χ0) is 17.1. The van der Waals surface area contributed by atoms with Gasteiger partial charge in [0.05, 0.1) is 18.9 Å². The fraction of sp³-hybridized carbons (Fsp3) is 0.235. The van der Waals surface area contributed by atoms with Gasteiger partial charge in [0.1, 0.15) is 22.3 Å². The van der Waals surface area contributed by atoms with Gasteiger partial charge in [-0.3, -0.25) is 4.79 Å². The summed E-state index contributed by atoms with van der Waals surface area (Å²) in [7, 11) is 1.62. The van der Waals surface area contributed by atoms with Crippen molar-refractivity contribution in [3.05, 3.63) is 47.6 Å². The number of aromatic nitrogens is 3. The summed E-state index contributed by atoms with van der Waals surface area (Å²) in [5.74, 6) is 1.13. The third-order valence-electron chi connectivity index (χ3n) is 3.48. The van der Waals surface area contributed by atoms with Crippen molar-refractivity contribution in [1.82, 2.24) is 14.8 Å². The molecule has 24 heavy (non-hydrogen) atoms. The van der Waals surface area contributed by atoms with Crippen molar-refractivity contribution in [2.24, 2.45) is 0 Å². The van der Waals surface area contributed by atoms with E-state index in [0.29, 0.717) is 11.5 Å². The number of benzene rings is 1. The fourth-order valence-corrected chi connectivity index (χ4v) is 3.16. The zero-order valence-electron chi connectivity index (χ0n) is 13.7. The molecule has 1 amide bonds. The maximum atomic E-state index is 12.4. The molecule has 6 nitrogen and oxygen atoms in total. The number of anilines is 1. The van der Waals surface area contributed by atoms with Crippen LogP contribution in [0.4, 0.5) is 5.82 Å². The van der Waals surface area contributed by atoms with E-state index < -0.39 is 0 Å². The van der Waals surface area contributed by atoms with Gasteiger partial charge in [-0.1, -0.05) is 12.1 Å². The van der Waals surface area contributed by atoms with Gasteiger partial charge in [0, 0.05) is 17.5 Å². The van der Waals surface area contributed by atoms with Crippen LogP contribution in [-0.2, 0) is 0 Å². The molecule has 0 atom stereocenters. The monoisotopic (exact) mass is 342 g/mol. The lowest BCUT2D eigenvalue weighted by Crippen LogP contribution is -2.17. The van der Waals surface area contributed by atoms with Crippen LogP contribution in [0.3, 0.4) is 0 Å². The van der Waals surface area contributed by atoms with Gasteiger partial charge in [0.2, 0.25) is 0 Å². The molecule has 0 bridgehead atoms. The average molecular weight is 342 g/mol. The molecule has 1 aromatic carbocycles. The number of amides is 1. The number of thiazole rings is 1. The average Bonchev–Trinajstić information content (AvgIpc) is 3.24. The van der Waals surface area contributed by atoms with Crippen LogP contribution in [0.15, 0.2) is 41.9 Å². The van der Waals surface area contributed by atoms with Crippen LogP contribution in [0.1, 0.15) is 30.4 Å². The quantitative estimate of drug-likeness (QED) is 0.765. The molecule has 0 radical (unpaired) electrons. The third kappa shape index (κ3) is 3.16. The van der Waals surface area contributed by atoms with E-state index in [1.54, 1.807) is 29.4 Å². The minimum atomic E-state index is -0.255. The Morgan fingerprint density at radius 1 is 1.29 bits per heavy atom. The number of hydrogen-bond donors (Lipinski definition) is 1. The topological polar surface area (TPSA) is 69.0 Å². The Balaban J connectivity index is 1.83. The van der Waals surface area contributed by atoms with Gasteiger partial charge in [0.15, 0.2) is 0 Å². The van der Waals surface area contributed by atoms with Crippen molar-refractivity contribution >= 4 is 23.1 Å². The predicted octanol–water partition coefficient (Wildman–Crippen LogP) is 3.85. The third-order valence-corrected chi connectivity index (χ3v) is 4.35. The lowest BCUT2D eigenvalue weighted by molar-refractivity contribution is 0.102. The molecule has 3 rings (SSSR count). The molecule has 0 aliphatic rings. The highest BCUT2D eigenvalue weighted by Crippen LogP contribution is 2.32. The van der Waals surface area contributed by atoms with Crippen molar-refractivity contribution in [2.75, 3.05) is 12.4 Å². The van der Waals surface area contributed by atoms with E-state index in [0.717, 1.165) is 16.3 Å². The Morgan fingerprint density at radius 3 is 2.83 bits per heavy atom. The van der Waals surface area contributed by atoms with E-state index in [2.05, 4.69) is 15.4 Å². The molecule has 0 aliphatic carbocycles. The number of rotatable bonds is 5. The number of carbonyl (C=O) groups excluding carboxylic acids is 1. The Bertz CT molecular complexity index is 854. The SMILES string of the molecule is COc1ccccc1-c1nc(C(=O)Nc2ccnn2C(C)C)cs1. The highest BCUT2D eigenvalue weighted by molar-refractivity contribution is 7.13. The van der Waals surface area contributed by atoms with E-state index in [1.807, 2.05) is 38.1 Å². The number of carbonyl (C=O) groups is 1. The first-order valence-corrected chi connectivity index (χ1v) is 8.42. The van der Waals surface area contributed by atoms with Crippen LogP contribution in [0, 0.1) is 0 Å². The minimum absolute atomic E-state index is 0.162. The van der Waals surface area contributed by atoms with Gasteiger partial charge < -0.3 is 10.1 Å². The van der Waals surface area contributed by atoms with Gasteiger partial charge >= 0.3 is 0 Å². The van der Waals surface area contributed by atoms with Crippen LogP contribution in [0.25, 0.3) is 10.6 Å². The summed E-state index contributed by atoms with van der Waals surface area (Å²) in [6, 6.07) is 9.54. The first-order valence-electron chi connectivity index (χ1n) is 7.54. The number of ether oxygens (including phenoxy) is 1. The molecule has 7 heteroatoms. The molecule has 0 unspecified atom stereocenters. The summed E-state index contributed by atoms with van der Waals surface area (Å²) >= 11 is 1.41. The molecule has 0 fully saturated rings. The van der Waals surface area contributed by atoms with Crippen molar-refractivity contribution in [1.29, 1.82) is 0 Å². The Morgan fingerprint density at radius 2 is 2.08 bits per heavy atom. The fourth-order valence-electron chi connectivity index (χ4n) is 2.33. The van der Waals surface area contributed by atoms with Crippen LogP contribution < -0.4 is 10.1 Å². The maximum absolute atomic E-state index is 12.4. The standard InChI is InChI=1S/C17H18N4O2S/c1-11(2)21-15(8-9-18-21)20-16(22)13-10-24-17(19-13)12-6-4-5-7-14(12)23-3/h4-11H,1-3H3,(H,20,22). The van der Waals surface area contributed by atoms with Crippen molar-refractivity contribution < 1.29 is 9.53 Å². The van der Waals surface area contributed by atoms with E-state index >= 15 is 0 Å². The summed E-state index contributed by atoms with van der Waals surface area (Å²) in [6.07, 6.45) is 1.66. The predicted molar refractivity (Wildman–Crippen MR) is 94.7 cm³/mol. The molecule has 0 spiro atoms. The normalized spacial score (nSPS) is 10.8. The Hall–Kier alpha value is -2.67. The molecular weight excluding hydrogens is 324 g/mol. The number of nitrogens with one attached hydrogen (secondary N) is 1. The summed E-state index contributed by atoms with van der Waals surface area (Å²) < 4.78 is 7.11. The largest absolute Gasteiger partial charge is 0.496 e. The highest BCUT2D eigenvalue weighted by atomic mass is 32.1. The first kappa shape index (κ1) is 16.2. The molecule has 2 heterocycles. The molecule has 0 aliphatic heterocycles. The lowest BCUT2D eigenvalue weighted by atomic mass is 10.2. The molecular formula is C17H18N4O2S. The second-order valence-electron chi connectivity index (χ2n) is 5.45. The number of para-hydroxylation sites is 1. The first-order chi connectivity index (χ1) is 11.6. The smallest absolute Gasteiger partial charge is 0.276 e. The minimum Gasteiger partial charge on any atom is -0.496 e. The van der Waals surface area contributed by atoms with Crippen LogP contribution >= 0.6 is 11.3 Å².